The summed E-state index contributed by atoms with van der Waals surface area (Å²) < 4.78 is 0. The summed E-state index contributed by atoms with van der Waals surface area (Å²) >= 11 is 0. The maximum atomic E-state index is 4.21. The molecule has 1 saturated heterocycles. The first kappa shape index (κ1) is 11.1. The molecule has 2 heterocycles. The van der Waals surface area contributed by atoms with Crippen molar-refractivity contribution in [3.63, 3.8) is 0 Å². The number of nitrogens with one attached hydrogen (secondary N) is 2. The third-order valence-corrected chi connectivity index (χ3v) is 2.80. The van der Waals surface area contributed by atoms with E-state index in [1.807, 2.05) is 25.1 Å². The highest BCUT2D eigenvalue weighted by molar-refractivity contribution is 5.47. The van der Waals surface area contributed by atoms with Crippen molar-refractivity contribution in [2.45, 2.75) is 18.9 Å². The third kappa shape index (κ3) is 2.82. The zero-order chi connectivity index (χ0) is 11.4. The lowest BCUT2D eigenvalue weighted by atomic mass is 10.2. The number of nitrogens with zero attached hydrogens (tertiary/aromatic N) is 3. The van der Waals surface area contributed by atoms with Crippen LogP contribution in [-0.2, 0) is 0 Å². The Hall–Kier alpha value is -1.36. The van der Waals surface area contributed by atoms with Crippen LogP contribution in [0.25, 0.3) is 0 Å². The average molecular weight is 221 g/mol. The maximum Gasteiger partial charge on any atom is 0.133 e. The van der Waals surface area contributed by atoms with E-state index in [0.717, 1.165) is 24.7 Å². The Bertz CT molecular complexity index is 333. The molecule has 1 aromatic heterocycles. The van der Waals surface area contributed by atoms with Crippen molar-refractivity contribution in [2.24, 2.45) is 0 Å². The van der Waals surface area contributed by atoms with Crippen LogP contribution in [0.1, 0.15) is 12.8 Å². The second-order valence-corrected chi connectivity index (χ2v) is 4.33. The number of rotatable bonds is 4. The van der Waals surface area contributed by atoms with Crippen molar-refractivity contribution < 1.29 is 0 Å². The SMILES string of the molecule is CN(C)c1cc(NCC2CCCN2)ncn1. The van der Waals surface area contributed by atoms with E-state index < -0.39 is 0 Å². The average Bonchev–Trinajstić information content (AvgIpc) is 2.79. The van der Waals surface area contributed by atoms with Crippen LogP contribution in [0.4, 0.5) is 11.6 Å². The van der Waals surface area contributed by atoms with Gasteiger partial charge in [-0.2, -0.15) is 0 Å². The lowest BCUT2D eigenvalue weighted by Gasteiger charge is -2.14. The number of anilines is 2. The smallest absolute Gasteiger partial charge is 0.133 e. The van der Waals surface area contributed by atoms with Crippen molar-refractivity contribution in [1.29, 1.82) is 0 Å². The van der Waals surface area contributed by atoms with Crippen LogP contribution in [-0.4, -0.2) is 43.2 Å². The second-order valence-electron chi connectivity index (χ2n) is 4.33. The fourth-order valence-corrected chi connectivity index (χ4v) is 1.85. The Morgan fingerprint density at radius 1 is 1.50 bits per heavy atom. The van der Waals surface area contributed by atoms with Gasteiger partial charge in [0.2, 0.25) is 0 Å². The van der Waals surface area contributed by atoms with E-state index in [9.17, 15) is 0 Å². The van der Waals surface area contributed by atoms with E-state index >= 15 is 0 Å². The van der Waals surface area contributed by atoms with E-state index in [1.54, 1.807) is 6.33 Å². The predicted molar refractivity (Wildman–Crippen MR) is 65.9 cm³/mol. The molecular weight excluding hydrogens is 202 g/mol. The van der Waals surface area contributed by atoms with Gasteiger partial charge < -0.3 is 15.5 Å². The van der Waals surface area contributed by atoms with Crippen molar-refractivity contribution >= 4 is 11.6 Å². The summed E-state index contributed by atoms with van der Waals surface area (Å²) in [6.45, 7) is 2.07. The van der Waals surface area contributed by atoms with E-state index in [-0.39, 0.29) is 0 Å². The van der Waals surface area contributed by atoms with Gasteiger partial charge in [-0.25, -0.2) is 9.97 Å². The first-order valence-electron chi connectivity index (χ1n) is 5.72. The summed E-state index contributed by atoms with van der Waals surface area (Å²) in [6, 6.07) is 2.55. The molecule has 1 aliphatic rings. The largest absolute Gasteiger partial charge is 0.368 e. The summed E-state index contributed by atoms with van der Waals surface area (Å²) in [5, 5.41) is 6.79. The quantitative estimate of drug-likeness (QED) is 0.784. The Balaban J connectivity index is 1.90. The molecule has 0 amide bonds. The van der Waals surface area contributed by atoms with Crippen molar-refractivity contribution in [3.8, 4) is 0 Å². The van der Waals surface area contributed by atoms with E-state index in [1.165, 1.54) is 12.8 Å². The minimum absolute atomic E-state index is 0.581. The number of hydrogen-bond donors (Lipinski definition) is 2. The van der Waals surface area contributed by atoms with Crippen LogP contribution in [0.3, 0.4) is 0 Å². The van der Waals surface area contributed by atoms with Gasteiger partial charge in [0, 0.05) is 32.7 Å². The minimum Gasteiger partial charge on any atom is -0.368 e. The molecule has 0 saturated carbocycles. The Morgan fingerprint density at radius 2 is 2.38 bits per heavy atom. The van der Waals surface area contributed by atoms with Gasteiger partial charge in [-0.05, 0) is 19.4 Å². The number of hydrogen-bond acceptors (Lipinski definition) is 5. The monoisotopic (exact) mass is 221 g/mol. The molecule has 5 nitrogen and oxygen atoms in total. The molecule has 1 atom stereocenters. The molecule has 1 fully saturated rings. The summed E-state index contributed by atoms with van der Waals surface area (Å²) in [4.78, 5) is 10.4. The molecule has 0 spiro atoms. The van der Waals surface area contributed by atoms with Gasteiger partial charge in [0.25, 0.3) is 0 Å². The zero-order valence-electron chi connectivity index (χ0n) is 9.90. The standard InChI is InChI=1S/C11H19N5/c1-16(2)11-6-10(14-8-15-11)13-7-9-4-3-5-12-9/h6,8-9,12H,3-5,7H2,1-2H3,(H,13,14,15). The molecule has 1 aromatic rings. The van der Waals surface area contributed by atoms with Gasteiger partial charge in [-0.3, -0.25) is 0 Å². The van der Waals surface area contributed by atoms with Crippen molar-refractivity contribution in [2.75, 3.05) is 37.4 Å². The summed E-state index contributed by atoms with van der Waals surface area (Å²) in [6.07, 6.45) is 4.12. The van der Waals surface area contributed by atoms with Crippen LogP contribution in [0, 0.1) is 0 Å². The van der Waals surface area contributed by atoms with E-state index in [0.29, 0.717) is 6.04 Å². The molecule has 2 rings (SSSR count). The highest BCUT2D eigenvalue weighted by Gasteiger charge is 2.13. The first-order chi connectivity index (χ1) is 7.75. The molecule has 0 aromatic carbocycles. The third-order valence-electron chi connectivity index (χ3n) is 2.80. The van der Waals surface area contributed by atoms with Crippen LogP contribution in [0.15, 0.2) is 12.4 Å². The van der Waals surface area contributed by atoms with Gasteiger partial charge in [0.05, 0.1) is 0 Å². The lowest BCUT2D eigenvalue weighted by Crippen LogP contribution is -2.29. The zero-order valence-corrected chi connectivity index (χ0v) is 9.90. The van der Waals surface area contributed by atoms with Crippen molar-refractivity contribution in [3.05, 3.63) is 12.4 Å². The molecule has 2 N–H and O–H groups in total. The number of aromatic nitrogens is 2. The first-order valence-corrected chi connectivity index (χ1v) is 5.72. The topological polar surface area (TPSA) is 53.1 Å². The highest BCUT2D eigenvalue weighted by atomic mass is 15.2. The van der Waals surface area contributed by atoms with E-state index in [4.69, 9.17) is 0 Å². The fourth-order valence-electron chi connectivity index (χ4n) is 1.85. The summed E-state index contributed by atoms with van der Waals surface area (Å²) in [5.41, 5.74) is 0. The van der Waals surface area contributed by atoms with Gasteiger partial charge in [-0.1, -0.05) is 0 Å². The minimum atomic E-state index is 0.581. The lowest BCUT2D eigenvalue weighted by molar-refractivity contribution is 0.632. The van der Waals surface area contributed by atoms with Crippen LogP contribution in [0.5, 0.6) is 0 Å². The molecule has 16 heavy (non-hydrogen) atoms. The maximum absolute atomic E-state index is 4.21. The Labute approximate surface area is 96.3 Å². The molecule has 5 heteroatoms. The van der Waals surface area contributed by atoms with Crippen LogP contribution < -0.4 is 15.5 Å². The second kappa shape index (κ2) is 5.12. The molecule has 88 valence electrons. The molecule has 1 aliphatic heterocycles. The molecular formula is C11H19N5. The van der Waals surface area contributed by atoms with Crippen molar-refractivity contribution in [1.82, 2.24) is 15.3 Å². The highest BCUT2D eigenvalue weighted by Crippen LogP contribution is 2.12. The van der Waals surface area contributed by atoms with Gasteiger partial charge in [0.1, 0.15) is 18.0 Å². The molecule has 0 bridgehead atoms. The summed E-state index contributed by atoms with van der Waals surface area (Å²) in [7, 11) is 3.95. The van der Waals surface area contributed by atoms with Gasteiger partial charge in [0.15, 0.2) is 0 Å². The normalized spacial score (nSPS) is 19.8. The van der Waals surface area contributed by atoms with E-state index in [2.05, 4.69) is 20.6 Å². The predicted octanol–water partition coefficient (Wildman–Crippen LogP) is 0.706. The van der Waals surface area contributed by atoms with Crippen LogP contribution in [0.2, 0.25) is 0 Å². The van der Waals surface area contributed by atoms with Gasteiger partial charge in [-0.15, -0.1) is 0 Å². The van der Waals surface area contributed by atoms with Gasteiger partial charge >= 0.3 is 0 Å². The molecule has 0 radical (unpaired) electrons. The van der Waals surface area contributed by atoms with Crippen LogP contribution >= 0.6 is 0 Å². The summed E-state index contributed by atoms with van der Waals surface area (Å²) in [5.74, 6) is 1.82. The Morgan fingerprint density at radius 3 is 3.06 bits per heavy atom. The molecule has 1 unspecified atom stereocenters. The fraction of sp³-hybridized carbons (Fsp3) is 0.636. The molecule has 0 aliphatic carbocycles. The Kier molecular flexibility index (Phi) is 3.56.